The van der Waals surface area contributed by atoms with Crippen molar-refractivity contribution in [1.82, 2.24) is 0 Å². The van der Waals surface area contributed by atoms with Crippen molar-refractivity contribution in [3.63, 3.8) is 0 Å². The van der Waals surface area contributed by atoms with Crippen LogP contribution in [0.1, 0.15) is 12.8 Å². The molecular formula is C10H12N2O7S. The standard InChI is InChI=1S/C10H12N2O7S/c13-9-6-7(12(16)17)3-4-8(9)11-20(18,19)5-1-2-10(14)15/h3-4,6,11,13H,1-2,5H2,(H,14,15). The number of nitrogens with zero attached hydrogens (tertiary/aromatic N) is 1. The molecule has 0 bridgehead atoms. The van der Waals surface area contributed by atoms with Gasteiger partial charge in [0.05, 0.1) is 22.4 Å². The Bertz CT molecular complexity index is 626. The van der Waals surface area contributed by atoms with E-state index >= 15 is 0 Å². The van der Waals surface area contributed by atoms with E-state index in [0.29, 0.717) is 0 Å². The van der Waals surface area contributed by atoms with Crippen LogP contribution in [0.4, 0.5) is 11.4 Å². The normalized spacial score (nSPS) is 11.0. The number of non-ortho nitro benzene ring substituents is 1. The Kier molecular flexibility index (Phi) is 4.86. The zero-order valence-electron chi connectivity index (χ0n) is 10.1. The Balaban J connectivity index is 2.77. The number of carboxylic acids is 1. The number of hydrogen-bond donors (Lipinski definition) is 3. The van der Waals surface area contributed by atoms with Crippen LogP contribution in [0.5, 0.6) is 5.75 Å². The molecule has 10 heteroatoms. The lowest BCUT2D eigenvalue weighted by Crippen LogP contribution is -2.17. The van der Waals surface area contributed by atoms with E-state index in [4.69, 9.17) is 5.11 Å². The fourth-order valence-electron chi connectivity index (χ4n) is 1.35. The van der Waals surface area contributed by atoms with Gasteiger partial charge in [-0.15, -0.1) is 0 Å². The zero-order valence-corrected chi connectivity index (χ0v) is 11.0. The van der Waals surface area contributed by atoms with Crippen molar-refractivity contribution in [2.45, 2.75) is 12.8 Å². The van der Waals surface area contributed by atoms with Crippen LogP contribution in [0.15, 0.2) is 18.2 Å². The van der Waals surface area contributed by atoms with Gasteiger partial charge in [0.1, 0.15) is 5.75 Å². The highest BCUT2D eigenvalue weighted by Crippen LogP contribution is 2.28. The van der Waals surface area contributed by atoms with E-state index in [1.165, 1.54) is 0 Å². The molecule has 110 valence electrons. The minimum Gasteiger partial charge on any atom is -0.505 e. The van der Waals surface area contributed by atoms with E-state index in [1.54, 1.807) is 0 Å². The van der Waals surface area contributed by atoms with Crippen LogP contribution in [0.2, 0.25) is 0 Å². The van der Waals surface area contributed by atoms with Crippen LogP contribution < -0.4 is 4.72 Å². The number of hydrogen-bond acceptors (Lipinski definition) is 6. The number of benzene rings is 1. The van der Waals surface area contributed by atoms with Crippen molar-refractivity contribution < 1.29 is 28.3 Å². The SMILES string of the molecule is O=C(O)CCCS(=O)(=O)Nc1ccc([N+](=O)[O-])cc1O. The maximum absolute atomic E-state index is 11.6. The van der Waals surface area contributed by atoms with E-state index in [0.717, 1.165) is 18.2 Å². The Morgan fingerprint density at radius 3 is 2.55 bits per heavy atom. The molecule has 9 nitrogen and oxygen atoms in total. The number of phenols is 1. The second-order valence-corrected chi connectivity index (χ2v) is 5.72. The molecule has 0 unspecified atom stereocenters. The van der Waals surface area contributed by atoms with Crippen molar-refractivity contribution in [1.29, 1.82) is 0 Å². The van der Waals surface area contributed by atoms with Gasteiger partial charge in [0.2, 0.25) is 10.0 Å². The number of carboxylic acid groups (broad SMARTS) is 1. The first-order valence-electron chi connectivity index (χ1n) is 5.41. The molecule has 0 aliphatic rings. The Morgan fingerprint density at radius 1 is 1.40 bits per heavy atom. The average molecular weight is 304 g/mol. The number of rotatable bonds is 7. The smallest absolute Gasteiger partial charge is 0.303 e. The number of nitrogens with one attached hydrogen (secondary N) is 1. The highest BCUT2D eigenvalue weighted by Gasteiger charge is 2.16. The van der Waals surface area contributed by atoms with Crippen molar-refractivity contribution in [2.75, 3.05) is 10.5 Å². The van der Waals surface area contributed by atoms with Crippen LogP contribution in [0.25, 0.3) is 0 Å². The molecular weight excluding hydrogens is 292 g/mol. The molecule has 1 rings (SSSR count). The number of nitro groups is 1. The van der Waals surface area contributed by atoms with Gasteiger partial charge in [-0.1, -0.05) is 0 Å². The summed E-state index contributed by atoms with van der Waals surface area (Å²) < 4.78 is 25.2. The van der Waals surface area contributed by atoms with Gasteiger partial charge in [-0.25, -0.2) is 8.42 Å². The summed E-state index contributed by atoms with van der Waals surface area (Å²) in [6.45, 7) is 0. The molecule has 0 aliphatic heterocycles. The quantitative estimate of drug-likeness (QED) is 0.385. The molecule has 0 aliphatic carbocycles. The summed E-state index contributed by atoms with van der Waals surface area (Å²) >= 11 is 0. The van der Waals surface area contributed by atoms with Crippen LogP contribution in [0.3, 0.4) is 0 Å². The molecule has 0 atom stereocenters. The van der Waals surface area contributed by atoms with Crippen molar-refractivity contribution >= 4 is 27.4 Å². The number of sulfonamides is 1. The summed E-state index contributed by atoms with van der Waals surface area (Å²) in [5, 5.41) is 28.4. The molecule has 0 heterocycles. The van der Waals surface area contributed by atoms with Gasteiger partial charge in [0.15, 0.2) is 0 Å². The predicted molar refractivity (Wildman–Crippen MR) is 69.0 cm³/mol. The van der Waals surface area contributed by atoms with Crippen LogP contribution in [-0.2, 0) is 14.8 Å². The first-order valence-corrected chi connectivity index (χ1v) is 7.06. The Morgan fingerprint density at radius 2 is 2.05 bits per heavy atom. The molecule has 0 radical (unpaired) electrons. The highest BCUT2D eigenvalue weighted by molar-refractivity contribution is 7.92. The number of anilines is 1. The second kappa shape index (κ2) is 6.19. The van der Waals surface area contributed by atoms with Crippen LogP contribution >= 0.6 is 0 Å². The van der Waals surface area contributed by atoms with Gasteiger partial charge in [0.25, 0.3) is 5.69 Å². The van der Waals surface area contributed by atoms with Crippen LogP contribution in [-0.4, -0.2) is 35.3 Å². The third kappa shape index (κ3) is 4.72. The summed E-state index contributed by atoms with van der Waals surface area (Å²) in [4.78, 5) is 20.0. The molecule has 0 amide bonds. The number of aromatic hydroxyl groups is 1. The summed E-state index contributed by atoms with van der Waals surface area (Å²) in [5.41, 5.74) is -0.581. The molecule has 0 saturated heterocycles. The number of carbonyl (C=O) groups is 1. The molecule has 20 heavy (non-hydrogen) atoms. The van der Waals surface area contributed by atoms with Crippen molar-refractivity contribution in [3.05, 3.63) is 28.3 Å². The summed E-state index contributed by atoms with van der Waals surface area (Å²) in [6.07, 6.45) is -0.383. The zero-order chi connectivity index (χ0) is 15.3. The van der Waals surface area contributed by atoms with Crippen molar-refractivity contribution in [2.24, 2.45) is 0 Å². The number of nitro benzene ring substituents is 1. The molecule has 1 aromatic rings. The maximum Gasteiger partial charge on any atom is 0.303 e. The molecule has 0 aromatic heterocycles. The highest BCUT2D eigenvalue weighted by atomic mass is 32.2. The van der Waals surface area contributed by atoms with Gasteiger partial charge in [-0.3, -0.25) is 19.6 Å². The molecule has 0 spiro atoms. The average Bonchev–Trinajstić information content (AvgIpc) is 2.30. The summed E-state index contributed by atoms with van der Waals surface area (Å²) in [7, 11) is -3.83. The first kappa shape index (κ1) is 15.7. The maximum atomic E-state index is 11.6. The van der Waals surface area contributed by atoms with Crippen LogP contribution in [0, 0.1) is 10.1 Å². The minimum absolute atomic E-state index is 0.0849. The summed E-state index contributed by atoms with van der Waals surface area (Å²) in [6, 6.07) is 2.91. The summed E-state index contributed by atoms with van der Waals surface area (Å²) in [5.74, 6) is -2.13. The number of phenolic OH excluding ortho intramolecular Hbond substituents is 1. The Hall–Kier alpha value is -2.36. The monoisotopic (exact) mass is 304 g/mol. The fraction of sp³-hybridized carbons (Fsp3) is 0.300. The fourth-order valence-corrected chi connectivity index (χ4v) is 2.49. The third-order valence-electron chi connectivity index (χ3n) is 2.26. The predicted octanol–water partition coefficient (Wildman–Crippen LogP) is 0.907. The van der Waals surface area contributed by atoms with E-state index in [-0.39, 0.29) is 24.2 Å². The minimum atomic E-state index is -3.83. The first-order chi connectivity index (χ1) is 9.21. The molecule has 0 fully saturated rings. The van der Waals surface area contributed by atoms with Crippen molar-refractivity contribution in [3.8, 4) is 5.75 Å². The van der Waals surface area contributed by atoms with E-state index < -0.39 is 32.4 Å². The lowest BCUT2D eigenvalue weighted by atomic mass is 10.2. The van der Waals surface area contributed by atoms with Gasteiger partial charge < -0.3 is 10.2 Å². The molecule has 3 N–H and O–H groups in total. The molecule has 0 saturated carbocycles. The number of aliphatic carboxylic acids is 1. The van der Waals surface area contributed by atoms with Gasteiger partial charge in [-0.05, 0) is 12.5 Å². The van der Waals surface area contributed by atoms with E-state index in [9.17, 15) is 28.4 Å². The lowest BCUT2D eigenvalue weighted by Gasteiger charge is -2.08. The van der Waals surface area contributed by atoms with E-state index in [2.05, 4.69) is 0 Å². The topological polar surface area (TPSA) is 147 Å². The largest absolute Gasteiger partial charge is 0.505 e. The van der Waals surface area contributed by atoms with Gasteiger partial charge in [-0.2, -0.15) is 0 Å². The lowest BCUT2D eigenvalue weighted by molar-refractivity contribution is -0.384. The van der Waals surface area contributed by atoms with E-state index in [1.807, 2.05) is 4.72 Å². The third-order valence-corrected chi connectivity index (χ3v) is 3.62. The van der Waals surface area contributed by atoms with Gasteiger partial charge >= 0.3 is 5.97 Å². The second-order valence-electron chi connectivity index (χ2n) is 3.88. The molecule has 1 aromatic carbocycles. The van der Waals surface area contributed by atoms with Gasteiger partial charge in [0, 0.05) is 12.5 Å². The Labute approximate surface area is 114 Å².